The molecule has 6 heteroatoms. The molecule has 0 spiro atoms. The third-order valence-electron chi connectivity index (χ3n) is 4.81. The predicted molar refractivity (Wildman–Crippen MR) is 117 cm³/mol. The SMILES string of the molecule is C=CC(=O)Nc1ccc2nn(-c3cc(C(C)(C)C)cc(C(C)(C)C)c3O)nc2c1. The highest BCUT2D eigenvalue weighted by Gasteiger charge is 2.26. The molecule has 0 atom stereocenters. The van der Waals surface area contributed by atoms with Gasteiger partial charge in [0.1, 0.15) is 22.5 Å². The van der Waals surface area contributed by atoms with Gasteiger partial charge in [-0.3, -0.25) is 4.79 Å². The number of anilines is 1. The molecule has 0 saturated heterocycles. The molecule has 0 fully saturated rings. The molecule has 152 valence electrons. The Balaban J connectivity index is 2.17. The van der Waals surface area contributed by atoms with Crippen LogP contribution in [0.5, 0.6) is 5.75 Å². The van der Waals surface area contributed by atoms with E-state index in [1.807, 2.05) is 6.07 Å². The van der Waals surface area contributed by atoms with Gasteiger partial charge < -0.3 is 10.4 Å². The summed E-state index contributed by atoms with van der Waals surface area (Å²) >= 11 is 0. The number of carbonyl (C=O) groups excluding carboxylic acids is 1. The molecule has 6 nitrogen and oxygen atoms in total. The zero-order chi connectivity index (χ0) is 21.6. The molecular weight excluding hydrogens is 364 g/mol. The van der Waals surface area contributed by atoms with Crippen molar-refractivity contribution < 1.29 is 9.90 Å². The van der Waals surface area contributed by atoms with Crippen LogP contribution in [0.25, 0.3) is 16.7 Å². The summed E-state index contributed by atoms with van der Waals surface area (Å²) in [6.07, 6.45) is 1.21. The third-order valence-corrected chi connectivity index (χ3v) is 4.81. The van der Waals surface area contributed by atoms with E-state index in [2.05, 4.69) is 69.7 Å². The molecule has 3 aromatic rings. The van der Waals surface area contributed by atoms with Gasteiger partial charge in [-0.2, -0.15) is 0 Å². The van der Waals surface area contributed by atoms with Gasteiger partial charge in [0.25, 0.3) is 0 Å². The Labute approximate surface area is 171 Å². The first kappa shape index (κ1) is 20.6. The highest BCUT2D eigenvalue weighted by molar-refractivity contribution is 5.99. The average Bonchev–Trinajstić information content (AvgIpc) is 3.02. The van der Waals surface area contributed by atoms with Crippen molar-refractivity contribution in [3.05, 3.63) is 54.1 Å². The number of nitrogens with zero attached hydrogens (tertiary/aromatic N) is 3. The number of rotatable bonds is 3. The van der Waals surface area contributed by atoms with E-state index < -0.39 is 0 Å². The largest absolute Gasteiger partial charge is 0.505 e. The third kappa shape index (κ3) is 4.16. The standard InChI is InChI=1S/C23H28N4O2/c1-8-20(28)24-15-9-10-17-18(13-15)26-27(25-17)19-12-14(22(2,3)4)11-16(21(19)29)23(5,6)7/h8-13,29H,1H2,2-7H3,(H,24,28). The number of aromatic hydroxyl groups is 1. The second-order valence-corrected chi connectivity index (χ2v) is 9.28. The molecule has 0 aliphatic heterocycles. The van der Waals surface area contributed by atoms with E-state index in [1.54, 1.807) is 18.2 Å². The van der Waals surface area contributed by atoms with Gasteiger partial charge in [0.2, 0.25) is 5.91 Å². The minimum atomic E-state index is -0.290. The van der Waals surface area contributed by atoms with Crippen LogP contribution in [0.2, 0.25) is 0 Å². The second-order valence-electron chi connectivity index (χ2n) is 9.28. The van der Waals surface area contributed by atoms with Gasteiger partial charge in [0.15, 0.2) is 0 Å². The van der Waals surface area contributed by atoms with E-state index >= 15 is 0 Å². The van der Waals surface area contributed by atoms with E-state index in [1.165, 1.54) is 10.9 Å². The lowest BCUT2D eigenvalue weighted by Gasteiger charge is -2.27. The number of aromatic nitrogens is 3. The average molecular weight is 393 g/mol. The maximum Gasteiger partial charge on any atom is 0.247 e. The highest BCUT2D eigenvalue weighted by Crippen LogP contribution is 2.39. The lowest BCUT2D eigenvalue weighted by molar-refractivity contribution is -0.111. The summed E-state index contributed by atoms with van der Waals surface area (Å²) in [7, 11) is 0. The van der Waals surface area contributed by atoms with Crippen LogP contribution in [0.3, 0.4) is 0 Å². The van der Waals surface area contributed by atoms with E-state index in [0.29, 0.717) is 22.4 Å². The lowest BCUT2D eigenvalue weighted by atomic mass is 9.80. The van der Waals surface area contributed by atoms with Crippen LogP contribution in [-0.2, 0) is 15.6 Å². The fourth-order valence-electron chi connectivity index (χ4n) is 3.07. The lowest BCUT2D eigenvalue weighted by Crippen LogP contribution is -2.18. The van der Waals surface area contributed by atoms with Crippen LogP contribution >= 0.6 is 0 Å². The Morgan fingerprint density at radius 1 is 1.03 bits per heavy atom. The number of hydrogen-bond acceptors (Lipinski definition) is 4. The first-order valence-electron chi connectivity index (χ1n) is 9.59. The first-order chi connectivity index (χ1) is 13.4. The number of nitrogens with one attached hydrogen (secondary N) is 1. The summed E-state index contributed by atoms with van der Waals surface area (Å²) in [6.45, 7) is 16.1. The van der Waals surface area contributed by atoms with Crippen molar-refractivity contribution in [2.24, 2.45) is 0 Å². The minimum Gasteiger partial charge on any atom is -0.505 e. The van der Waals surface area contributed by atoms with Gasteiger partial charge in [-0.1, -0.05) is 54.2 Å². The molecule has 0 unspecified atom stereocenters. The fraction of sp³-hybridized carbons (Fsp3) is 0.348. The van der Waals surface area contributed by atoms with E-state index in [9.17, 15) is 9.90 Å². The molecule has 0 aliphatic rings. The number of amides is 1. The van der Waals surface area contributed by atoms with E-state index in [4.69, 9.17) is 0 Å². The molecule has 2 aromatic carbocycles. The molecule has 2 N–H and O–H groups in total. The second kappa shape index (κ2) is 7.03. The van der Waals surface area contributed by atoms with Crippen LogP contribution in [0.1, 0.15) is 52.7 Å². The number of benzene rings is 2. The zero-order valence-corrected chi connectivity index (χ0v) is 17.9. The Bertz CT molecular complexity index is 1100. The molecule has 1 heterocycles. The summed E-state index contributed by atoms with van der Waals surface area (Å²) in [6, 6.07) is 9.28. The smallest absolute Gasteiger partial charge is 0.247 e. The Morgan fingerprint density at radius 2 is 1.69 bits per heavy atom. The number of phenols is 1. The van der Waals surface area contributed by atoms with Gasteiger partial charge in [-0.25, -0.2) is 0 Å². The quantitative estimate of drug-likeness (QED) is 0.625. The van der Waals surface area contributed by atoms with Crippen LogP contribution < -0.4 is 5.32 Å². The maximum atomic E-state index is 11.5. The Kier molecular flexibility index (Phi) is 4.99. The molecule has 3 rings (SSSR count). The zero-order valence-electron chi connectivity index (χ0n) is 17.9. The van der Waals surface area contributed by atoms with Gasteiger partial charge in [-0.05, 0) is 46.7 Å². The van der Waals surface area contributed by atoms with Crippen LogP contribution in [0.4, 0.5) is 5.69 Å². The van der Waals surface area contributed by atoms with Gasteiger partial charge in [0.05, 0.1) is 0 Å². The van der Waals surface area contributed by atoms with E-state index in [0.717, 1.165) is 11.1 Å². The Hall–Kier alpha value is -3.15. The molecule has 0 saturated carbocycles. The van der Waals surface area contributed by atoms with Crippen LogP contribution in [0, 0.1) is 0 Å². The van der Waals surface area contributed by atoms with Crippen LogP contribution in [-0.4, -0.2) is 26.0 Å². The molecule has 0 radical (unpaired) electrons. The molecule has 29 heavy (non-hydrogen) atoms. The van der Waals surface area contributed by atoms with Crippen molar-refractivity contribution in [1.82, 2.24) is 15.0 Å². The summed E-state index contributed by atoms with van der Waals surface area (Å²) in [5.74, 6) is -0.118. The van der Waals surface area contributed by atoms with Gasteiger partial charge in [0, 0.05) is 11.3 Å². The Morgan fingerprint density at radius 3 is 2.28 bits per heavy atom. The van der Waals surface area contributed by atoms with Gasteiger partial charge >= 0.3 is 0 Å². The first-order valence-corrected chi connectivity index (χ1v) is 9.59. The number of phenolic OH excluding ortho intramolecular Hbond substituents is 1. The number of carbonyl (C=O) groups is 1. The van der Waals surface area contributed by atoms with Crippen molar-refractivity contribution in [2.45, 2.75) is 52.4 Å². The van der Waals surface area contributed by atoms with Crippen LogP contribution in [0.15, 0.2) is 43.0 Å². The molecular formula is C23H28N4O2. The van der Waals surface area contributed by atoms with Crippen molar-refractivity contribution in [1.29, 1.82) is 0 Å². The monoisotopic (exact) mass is 392 g/mol. The molecule has 0 aliphatic carbocycles. The molecule has 1 aromatic heterocycles. The molecule has 1 amide bonds. The topological polar surface area (TPSA) is 80.0 Å². The fourth-order valence-corrected chi connectivity index (χ4v) is 3.07. The van der Waals surface area contributed by atoms with Crippen molar-refractivity contribution >= 4 is 22.6 Å². The van der Waals surface area contributed by atoms with Crippen molar-refractivity contribution in [3.63, 3.8) is 0 Å². The van der Waals surface area contributed by atoms with Crippen molar-refractivity contribution in [2.75, 3.05) is 5.32 Å². The van der Waals surface area contributed by atoms with Gasteiger partial charge in [-0.15, -0.1) is 15.0 Å². The predicted octanol–water partition coefficient (Wildman–Crippen LogP) is 4.85. The summed E-state index contributed by atoms with van der Waals surface area (Å²) in [5, 5.41) is 22.8. The summed E-state index contributed by atoms with van der Waals surface area (Å²) in [5.41, 5.74) is 4.03. The maximum absolute atomic E-state index is 11.5. The highest BCUT2D eigenvalue weighted by atomic mass is 16.3. The summed E-state index contributed by atoms with van der Waals surface area (Å²) < 4.78 is 0. The summed E-state index contributed by atoms with van der Waals surface area (Å²) in [4.78, 5) is 13.0. The normalized spacial score (nSPS) is 12.2. The number of fused-ring (bicyclic) bond motifs is 1. The number of hydrogen-bond donors (Lipinski definition) is 2. The van der Waals surface area contributed by atoms with E-state index in [-0.39, 0.29) is 22.5 Å². The van der Waals surface area contributed by atoms with Crippen molar-refractivity contribution in [3.8, 4) is 11.4 Å². The molecule has 0 bridgehead atoms. The minimum absolute atomic E-state index is 0.100.